The van der Waals surface area contributed by atoms with Crippen LogP contribution in [-0.4, -0.2) is 68.6 Å². The normalized spacial score (nSPS) is 19.5. The van der Waals surface area contributed by atoms with Crippen molar-refractivity contribution in [2.24, 2.45) is 5.92 Å². The summed E-state index contributed by atoms with van der Waals surface area (Å²) in [6.45, 7) is 10.2. The SMILES string of the molecule is CC(=O)NC(C(=O)N1CCN(Cc2nnc3n2CCCCC3)CC1)C(C)C. The number of fused-ring (bicyclic) bond motifs is 1. The van der Waals surface area contributed by atoms with E-state index in [-0.39, 0.29) is 17.7 Å². The quantitative estimate of drug-likeness (QED) is 0.822. The van der Waals surface area contributed by atoms with Crippen LogP contribution in [-0.2, 0) is 29.1 Å². The number of aromatic nitrogens is 3. The van der Waals surface area contributed by atoms with Gasteiger partial charge in [0.25, 0.3) is 0 Å². The van der Waals surface area contributed by atoms with Crippen LogP contribution in [0.1, 0.15) is 51.7 Å². The topological polar surface area (TPSA) is 83.4 Å². The Kier molecular flexibility index (Phi) is 6.46. The fraction of sp³-hybridized carbons (Fsp3) is 0.789. The molecular formula is C19H32N6O2. The molecule has 1 aromatic rings. The van der Waals surface area contributed by atoms with E-state index in [2.05, 4.69) is 25.0 Å². The van der Waals surface area contributed by atoms with Crippen LogP contribution in [0.25, 0.3) is 0 Å². The second-order valence-corrected chi connectivity index (χ2v) is 8.02. The number of carbonyl (C=O) groups excluding carboxylic acids is 2. The number of nitrogens with zero attached hydrogens (tertiary/aromatic N) is 5. The van der Waals surface area contributed by atoms with Crippen LogP contribution < -0.4 is 5.32 Å². The fourth-order valence-electron chi connectivity index (χ4n) is 3.92. The molecule has 2 amide bonds. The van der Waals surface area contributed by atoms with E-state index in [1.807, 2.05) is 18.7 Å². The number of carbonyl (C=O) groups is 2. The molecule has 2 aliphatic heterocycles. The standard InChI is InChI=1S/C19H32N6O2/c1-14(2)18(20-15(3)26)19(27)24-11-9-23(10-12-24)13-17-22-21-16-7-5-4-6-8-25(16)17/h14,18H,4-13H2,1-3H3,(H,20,26). The molecule has 1 fully saturated rings. The van der Waals surface area contributed by atoms with Gasteiger partial charge in [0, 0.05) is 46.1 Å². The Bertz CT molecular complexity index is 663. The van der Waals surface area contributed by atoms with E-state index in [1.165, 1.54) is 26.2 Å². The third-order valence-electron chi connectivity index (χ3n) is 5.53. The van der Waals surface area contributed by atoms with Crippen LogP contribution >= 0.6 is 0 Å². The molecule has 0 saturated carbocycles. The van der Waals surface area contributed by atoms with Crippen molar-refractivity contribution in [3.05, 3.63) is 11.6 Å². The Balaban J connectivity index is 1.55. The largest absolute Gasteiger partial charge is 0.344 e. The first-order valence-corrected chi connectivity index (χ1v) is 10.1. The lowest BCUT2D eigenvalue weighted by Gasteiger charge is -2.37. The fourth-order valence-corrected chi connectivity index (χ4v) is 3.92. The highest BCUT2D eigenvalue weighted by atomic mass is 16.2. The summed E-state index contributed by atoms with van der Waals surface area (Å²) < 4.78 is 2.29. The van der Waals surface area contributed by atoms with Crippen molar-refractivity contribution in [3.8, 4) is 0 Å². The second-order valence-electron chi connectivity index (χ2n) is 8.02. The lowest BCUT2D eigenvalue weighted by atomic mass is 10.0. The van der Waals surface area contributed by atoms with Gasteiger partial charge in [0.2, 0.25) is 11.8 Å². The van der Waals surface area contributed by atoms with Crippen LogP contribution in [0.4, 0.5) is 0 Å². The number of piperazine rings is 1. The molecule has 8 heteroatoms. The van der Waals surface area contributed by atoms with Gasteiger partial charge in [-0.25, -0.2) is 0 Å². The van der Waals surface area contributed by atoms with Gasteiger partial charge in [0.15, 0.2) is 0 Å². The number of rotatable bonds is 5. The highest BCUT2D eigenvalue weighted by Gasteiger charge is 2.30. The Hall–Kier alpha value is -1.96. The lowest BCUT2D eigenvalue weighted by molar-refractivity contribution is -0.138. The maximum absolute atomic E-state index is 12.8. The summed E-state index contributed by atoms with van der Waals surface area (Å²) in [5.74, 6) is 2.10. The van der Waals surface area contributed by atoms with Crippen molar-refractivity contribution in [2.75, 3.05) is 26.2 Å². The Morgan fingerprint density at radius 1 is 1.04 bits per heavy atom. The third kappa shape index (κ3) is 4.86. The van der Waals surface area contributed by atoms with Gasteiger partial charge in [-0.3, -0.25) is 14.5 Å². The van der Waals surface area contributed by atoms with Crippen LogP contribution in [0, 0.1) is 5.92 Å². The molecule has 0 bridgehead atoms. The van der Waals surface area contributed by atoms with Crippen molar-refractivity contribution < 1.29 is 9.59 Å². The van der Waals surface area contributed by atoms with Gasteiger partial charge in [-0.05, 0) is 18.8 Å². The van der Waals surface area contributed by atoms with Crippen molar-refractivity contribution in [1.29, 1.82) is 0 Å². The number of aryl methyl sites for hydroxylation is 1. The van der Waals surface area contributed by atoms with Crippen LogP contribution in [0.15, 0.2) is 0 Å². The van der Waals surface area contributed by atoms with E-state index < -0.39 is 6.04 Å². The van der Waals surface area contributed by atoms with E-state index in [1.54, 1.807) is 0 Å². The van der Waals surface area contributed by atoms with Crippen molar-refractivity contribution >= 4 is 11.8 Å². The average Bonchev–Trinajstić information content (AvgIpc) is 2.86. The minimum absolute atomic E-state index is 0.0243. The van der Waals surface area contributed by atoms with E-state index >= 15 is 0 Å². The van der Waals surface area contributed by atoms with Gasteiger partial charge in [0.1, 0.15) is 17.7 Å². The first kappa shape index (κ1) is 19.8. The van der Waals surface area contributed by atoms with Crippen molar-refractivity contribution in [1.82, 2.24) is 29.9 Å². The molecule has 150 valence electrons. The Morgan fingerprint density at radius 3 is 2.44 bits per heavy atom. The smallest absolute Gasteiger partial charge is 0.245 e. The number of hydrogen-bond donors (Lipinski definition) is 1. The van der Waals surface area contributed by atoms with Gasteiger partial charge in [-0.1, -0.05) is 20.3 Å². The molecule has 0 aromatic carbocycles. The third-order valence-corrected chi connectivity index (χ3v) is 5.53. The minimum Gasteiger partial charge on any atom is -0.344 e. The summed E-state index contributed by atoms with van der Waals surface area (Å²) >= 11 is 0. The molecule has 3 heterocycles. The van der Waals surface area contributed by atoms with Crippen molar-refractivity contribution in [3.63, 3.8) is 0 Å². The Labute approximate surface area is 161 Å². The van der Waals surface area contributed by atoms with Crippen LogP contribution in [0.3, 0.4) is 0 Å². The molecule has 0 spiro atoms. The second kappa shape index (κ2) is 8.82. The lowest BCUT2D eigenvalue weighted by Crippen LogP contribution is -2.56. The molecule has 2 aliphatic rings. The molecule has 1 N–H and O–H groups in total. The summed E-state index contributed by atoms with van der Waals surface area (Å²) in [4.78, 5) is 28.4. The molecule has 1 aromatic heterocycles. The monoisotopic (exact) mass is 376 g/mol. The van der Waals surface area contributed by atoms with E-state index in [9.17, 15) is 9.59 Å². The molecule has 8 nitrogen and oxygen atoms in total. The molecular weight excluding hydrogens is 344 g/mol. The molecule has 1 atom stereocenters. The number of amides is 2. The van der Waals surface area contributed by atoms with Crippen LogP contribution in [0.5, 0.6) is 0 Å². The van der Waals surface area contributed by atoms with E-state index in [0.29, 0.717) is 13.1 Å². The zero-order valence-corrected chi connectivity index (χ0v) is 16.8. The van der Waals surface area contributed by atoms with Gasteiger partial charge in [-0.2, -0.15) is 0 Å². The molecule has 3 rings (SSSR count). The first-order valence-electron chi connectivity index (χ1n) is 10.1. The number of nitrogens with one attached hydrogen (secondary N) is 1. The molecule has 27 heavy (non-hydrogen) atoms. The summed E-state index contributed by atoms with van der Waals surface area (Å²) in [7, 11) is 0. The predicted octanol–water partition coefficient (Wildman–Crippen LogP) is 0.809. The van der Waals surface area contributed by atoms with Crippen LogP contribution in [0.2, 0.25) is 0 Å². The molecule has 0 radical (unpaired) electrons. The van der Waals surface area contributed by atoms with E-state index in [4.69, 9.17) is 0 Å². The zero-order chi connectivity index (χ0) is 19.4. The number of hydrogen-bond acceptors (Lipinski definition) is 5. The Morgan fingerprint density at radius 2 is 1.78 bits per heavy atom. The van der Waals surface area contributed by atoms with Gasteiger partial charge in [0.05, 0.1) is 6.54 Å². The maximum Gasteiger partial charge on any atom is 0.245 e. The summed E-state index contributed by atoms with van der Waals surface area (Å²) in [5, 5.41) is 11.6. The van der Waals surface area contributed by atoms with Gasteiger partial charge in [-0.15, -0.1) is 10.2 Å². The molecule has 1 unspecified atom stereocenters. The summed E-state index contributed by atoms with van der Waals surface area (Å²) in [5.41, 5.74) is 0. The zero-order valence-electron chi connectivity index (χ0n) is 16.8. The minimum atomic E-state index is -0.443. The predicted molar refractivity (Wildman–Crippen MR) is 102 cm³/mol. The molecule has 1 saturated heterocycles. The average molecular weight is 377 g/mol. The van der Waals surface area contributed by atoms with E-state index in [0.717, 1.165) is 44.2 Å². The highest BCUT2D eigenvalue weighted by Crippen LogP contribution is 2.17. The van der Waals surface area contributed by atoms with Crippen molar-refractivity contribution in [2.45, 2.75) is 65.6 Å². The maximum atomic E-state index is 12.8. The first-order chi connectivity index (χ1) is 13.0. The summed E-state index contributed by atoms with van der Waals surface area (Å²) in [6, 6.07) is -0.443. The molecule has 0 aliphatic carbocycles. The summed E-state index contributed by atoms with van der Waals surface area (Å²) in [6.07, 6.45) is 4.67. The van der Waals surface area contributed by atoms with Gasteiger partial charge >= 0.3 is 0 Å². The van der Waals surface area contributed by atoms with Gasteiger partial charge < -0.3 is 14.8 Å². The highest BCUT2D eigenvalue weighted by molar-refractivity contribution is 5.87.